The molecule has 0 N–H and O–H groups in total. The Hall–Kier alpha value is -2.93. The molecule has 38 heavy (non-hydrogen) atoms. The molecule has 0 radical (unpaired) electrons. The molecule has 0 amide bonds. The van der Waals surface area contributed by atoms with Crippen molar-refractivity contribution in [3.8, 4) is 0 Å². The Balaban J connectivity index is 3.29. The Labute approximate surface area is 229 Å². The van der Waals surface area contributed by atoms with Crippen LogP contribution in [0.2, 0.25) is 0 Å². The SMILES string of the molecule is CC(=O)OC/C=C(/C)CC(/C=C(\C)CC(/C=C(\C)CCC=C(C)C)S(=O)(=O)c1ccc(C)cc1)OC(C)=O. The first-order valence-corrected chi connectivity index (χ1v) is 14.5. The van der Waals surface area contributed by atoms with Gasteiger partial charge in [0.25, 0.3) is 0 Å². The third kappa shape index (κ3) is 13.0. The number of rotatable bonds is 14. The second kappa shape index (κ2) is 16.1. The quantitative estimate of drug-likeness (QED) is 0.185. The number of carbonyl (C=O) groups is 2. The van der Waals surface area contributed by atoms with E-state index in [1.807, 2.05) is 53.7 Å². The zero-order valence-electron chi connectivity index (χ0n) is 24.2. The molecule has 0 aliphatic heterocycles. The summed E-state index contributed by atoms with van der Waals surface area (Å²) in [5.41, 5.74) is 4.93. The van der Waals surface area contributed by atoms with Gasteiger partial charge in [-0.1, -0.05) is 52.1 Å². The molecular weight excluding hydrogens is 500 g/mol. The largest absolute Gasteiger partial charge is 0.462 e. The number of carbonyl (C=O) groups excluding carboxylic acids is 2. The average Bonchev–Trinajstić information content (AvgIpc) is 2.77. The standard InChI is InChI=1S/C31H44O6S/c1-22(2)10-9-11-24(4)20-31(38(34,35)30-14-12-23(3)13-15-30)21-26(6)19-29(37-28(8)33)18-25(5)16-17-36-27(7)32/h10,12-16,19-20,29,31H,9,11,17-18,21H2,1-8H3/b24-20+,25-16-,26-19+. The van der Waals surface area contributed by atoms with Gasteiger partial charge in [-0.15, -0.1) is 0 Å². The van der Waals surface area contributed by atoms with E-state index in [4.69, 9.17) is 9.47 Å². The van der Waals surface area contributed by atoms with E-state index in [0.29, 0.717) is 6.42 Å². The van der Waals surface area contributed by atoms with Gasteiger partial charge in [0.05, 0.1) is 10.1 Å². The highest BCUT2D eigenvalue weighted by atomic mass is 32.2. The van der Waals surface area contributed by atoms with Gasteiger partial charge in [-0.2, -0.15) is 0 Å². The van der Waals surface area contributed by atoms with Crippen LogP contribution >= 0.6 is 0 Å². The summed E-state index contributed by atoms with van der Waals surface area (Å²) in [7, 11) is -3.65. The normalized spacial score (nSPS) is 14.5. The van der Waals surface area contributed by atoms with Gasteiger partial charge >= 0.3 is 11.9 Å². The summed E-state index contributed by atoms with van der Waals surface area (Å²) in [6.45, 7) is 14.5. The molecule has 0 aliphatic rings. The Morgan fingerprint density at radius 3 is 2.00 bits per heavy atom. The second-order valence-electron chi connectivity index (χ2n) is 10.2. The lowest BCUT2D eigenvalue weighted by molar-refractivity contribution is -0.144. The molecule has 1 aromatic carbocycles. The van der Waals surface area contributed by atoms with Crippen LogP contribution in [-0.2, 0) is 28.9 Å². The number of ether oxygens (including phenoxy) is 2. The highest BCUT2D eigenvalue weighted by molar-refractivity contribution is 7.92. The first-order valence-electron chi connectivity index (χ1n) is 13.0. The smallest absolute Gasteiger partial charge is 0.303 e. The molecule has 7 heteroatoms. The van der Waals surface area contributed by atoms with Gasteiger partial charge in [0.2, 0.25) is 0 Å². The first kappa shape index (κ1) is 33.1. The van der Waals surface area contributed by atoms with Crippen LogP contribution in [0, 0.1) is 6.92 Å². The van der Waals surface area contributed by atoms with E-state index in [9.17, 15) is 18.0 Å². The van der Waals surface area contributed by atoms with E-state index in [-0.39, 0.29) is 23.9 Å². The minimum Gasteiger partial charge on any atom is -0.462 e. The van der Waals surface area contributed by atoms with Crippen molar-refractivity contribution in [2.75, 3.05) is 6.61 Å². The lowest BCUT2D eigenvalue weighted by Crippen LogP contribution is -2.21. The number of benzene rings is 1. The van der Waals surface area contributed by atoms with E-state index in [2.05, 4.69) is 6.08 Å². The molecule has 2 atom stereocenters. The number of esters is 2. The lowest BCUT2D eigenvalue weighted by atomic mass is 10.0. The van der Waals surface area contributed by atoms with Crippen molar-refractivity contribution < 1.29 is 27.5 Å². The monoisotopic (exact) mass is 544 g/mol. The van der Waals surface area contributed by atoms with Gasteiger partial charge in [-0.3, -0.25) is 9.59 Å². The topological polar surface area (TPSA) is 86.7 Å². The molecule has 2 unspecified atom stereocenters. The Morgan fingerprint density at radius 2 is 1.45 bits per heavy atom. The maximum atomic E-state index is 13.7. The van der Waals surface area contributed by atoms with Crippen LogP contribution < -0.4 is 0 Å². The van der Waals surface area contributed by atoms with E-state index in [1.54, 1.807) is 30.3 Å². The molecule has 1 aromatic rings. The van der Waals surface area contributed by atoms with Crippen LogP contribution in [-0.4, -0.2) is 38.3 Å². The summed E-state index contributed by atoms with van der Waals surface area (Å²) in [5, 5.41) is -0.758. The van der Waals surface area contributed by atoms with Crippen LogP contribution in [0.1, 0.15) is 79.7 Å². The second-order valence-corrected chi connectivity index (χ2v) is 12.3. The Bertz CT molecular complexity index is 1160. The van der Waals surface area contributed by atoms with Crippen molar-refractivity contribution in [1.29, 1.82) is 0 Å². The van der Waals surface area contributed by atoms with Gasteiger partial charge in [0.1, 0.15) is 12.7 Å². The molecule has 6 nitrogen and oxygen atoms in total. The molecule has 0 heterocycles. The number of hydrogen-bond donors (Lipinski definition) is 0. The van der Waals surface area contributed by atoms with E-state index in [1.165, 1.54) is 19.4 Å². The van der Waals surface area contributed by atoms with Crippen molar-refractivity contribution in [2.24, 2.45) is 0 Å². The zero-order chi connectivity index (χ0) is 28.9. The molecule has 0 fully saturated rings. The fourth-order valence-corrected chi connectivity index (χ4v) is 5.66. The highest BCUT2D eigenvalue weighted by Gasteiger charge is 2.26. The third-order valence-electron chi connectivity index (χ3n) is 5.86. The van der Waals surface area contributed by atoms with Crippen molar-refractivity contribution in [2.45, 2.75) is 97.3 Å². The average molecular weight is 545 g/mol. The van der Waals surface area contributed by atoms with Gasteiger partial charge in [0.15, 0.2) is 9.84 Å². The predicted molar refractivity (Wildman–Crippen MR) is 154 cm³/mol. The lowest BCUT2D eigenvalue weighted by Gasteiger charge is -2.19. The summed E-state index contributed by atoms with van der Waals surface area (Å²) in [6.07, 6.45) is 9.32. The zero-order valence-corrected chi connectivity index (χ0v) is 25.0. The molecule has 0 saturated heterocycles. The first-order chi connectivity index (χ1) is 17.7. The van der Waals surface area contributed by atoms with Crippen molar-refractivity contribution in [1.82, 2.24) is 0 Å². The van der Waals surface area contributed by atoms with E-state index < -0.39 is 27.2 Å². The van der Waals surface area contributed by atoms with E-state index in [0.717, 1.165) is 35.1 Å². The number of hydrogen-bond acceptors (Lipinski definition) is 6. The van der Waals surface area contributed by atoms with Crippen LogP contribution in [0.5, 0.6) is 0 Å². The minimum absolute atomic E-state index is 0.143. The molecule has 0 aliphatic carbocycles. The summed E-state index contributed by atoms with van der Waals surface area (Å²) >= 11 is 0. The number of aryl methyl sites for hydroxylation is 1. The molecule has 0 spiro atoms. The van der Waals surface area contributed by atoms with Crippen molar-refractivity contribution in [3.05, 3.63) is 76.4 Å². The highest BCUT2D eigenvalue weighted by Crippen LogP contribution is 2.26. The van der Waals surface area contributed by atoms with Gasteiger partial charge in [-0.25, -0.2) is 8.42 Å². The summed E-state index contributed by atoms with van der Waals surface area (Å²) in [4.78, 5) is 23.1. The van der Waals surface area contributed by atoms with Crippen LogP contribution in [0.3, 0.4) is 0 Å². The van der Waals surface area contributed by atoms with Crippen molar-refractivity contribution >= 4 is 21.8 Å². The van der Waals surface area contributed by atoms with Crippen LogP contribution in [0.15, 0.2) is 75.8 Å². The summed E-state index contributed by atoms with van der Waals surface area (Å²) in [5.74, 6) is -0.794. The van der Waals surface area contributed by atoms with Crippen molar-refractivity contribution in [3.63, 3.8) is 0 Å². The number of sulfone groups is 1. The maximum Gasteiger partial charge on any atom is 0.303 e. The van der Waals surface area contributed by atoms with Gasteiger partial charge in [-0.05, 0) is 85.1 Å². The Morgan fingerprint density at radius 1 is 0.816 bits per heavy atom. The minimum atomic E-state index is -3.65. The third-order valence-corrected chi connectivity index (χ3v) is 7.89. The Kier molecular flexibility index (Phi) is 14.0. The predicted octanol–water partition coefficient (Wildman–Crippen LogP) is 7.00. The molecule has 1 rings (SSSR count). The van der Waals surface area contributed by atoms with Gasteiger partial charge < -0.3 is 9.47 Å². The summed E-state index contributed by atoms with van der Waals surface area (Å²) < 4.78 is 37.8. The van der Waals surface area contributed by atoms with E-state index >= 15 is 0 Å². The summed E-state index contributed by atoms with van der Waals surface area (Å²) in [6, 6.07) is 6.92. The number of allylic oxidation sites excluding steroid dienone is 4. The molecule has 0 aromatic heterocycles. The molecule has 210 valence electrons. The molecule has 0 saturated carbocycles. The maximum absolute atomic E-state index is 13.7. The fourth-order valence-electron chi connectivity index (χ4n) is 3.90. The van der Waals surface area contributed by atoms with Gasteiger partial charge in [0, 0.05) is 20.3 Å². The molecule has 0 bridgehead atoms. The molecular formula is C31H44O6S. The van der Waals surface area contributed by atoms with Crippen LogP contribution in [0.4, 0.5) is 0 Å². The fraction of sp³-hybridized carbons (Fsp3) is 0.484. The van der Waals surface area contributed by atoms with Crippen LogP contribution in [0.25, 0.3) is 0 Å².